The molecule has 1 aliphatic rings. The van der Waals surface area contributed by atoms with Gasteiger partial charge in [-0.25, -0.2) is 4.39 Å². The van der Waals surface area contributed by atoms with Crippen LogP contribution in [0.2, 0.25) is 0 Å². The van der Waals surface area contributed by atoms with Crippen LogP contribution in [-0.4, -0.2) is 50.6 Å². The Morgan fingerprint density at radius 3 is 2.79 bits per heavy atom. The summed E-state index contributed by atoms with van der Waals surface area (Å²) in [6.45, 7) is 3.82. The lowest BCUT2D eigenvalue weighted by molar-refractivity contribution is 0.0370. The lowest BCUT2D eigenvalue weighted by Crippen LogP contribution is -2.37. The van der Waals surface area contributed by atoms with Crippen LogP contribution in [0.25, 0.3) is 0 Å². The summed E-state index contributed by atoms with van der Waals surface area (Å²) in [5.74, 6) is -0.391. The van der Waals surface area contributed by atoms with Gasteiger partial charge in [-0.05, 0) is 18.2 Å². The fraction of sp³-hybridized carbons (Fsp3) is 0.500. The van der Waals surface area contributed by atoms with E-state index >= 15 is 0 Å². The highest BCUT2D eigenvalue weighted by atomic mass is 19.1. The Balaban J connectivity index is 1.90. The normalized spacial score (nSPS) is 16.3. The zero-order chi connectivity index (χ0) is 13.7. The van der Waals surface area contributed by atoms with Gasteiger partial charge in [0.2, 0.25) is 0 Å². The van der Waals surface area contributed by atoms with Crippen LogP contribution < -0.4 is 4.74 Å². The summed E-state index contributed by atoms with van der Waals surface area (Å²) in [4.78, 5) is 14.2. The van der Waals surface area contributed by atoms with Crippen molar-refractivity contribution in [1.29, 1.82) is 0 Å². The molecule has 0 N–H and O–H groups in total. The van der Waals surface area contributed by atoms with Crippen molar-refractivity contribution >= 4 is 5.78 Å². The van der Waals surface area contributed by atoms with Crippen molar-refractivity contribution in [3.8, 4) is 5.75 Å². The molecular formula is C14H18FNO3. The summed E-state index contributed by atoms with van der Waals surface area (Å²) in [5.41, 5.74) is 0.395. The smallest absolute Gasteiger partial charge is 0.165 e. The first-order valence-corrected chi connectivity index (χ1v) is 6.37. The van der Waals surface area contributed by atoms with Crippen LogP contribution in [0.15, 0.2) is 18.2 Å². The maximum Gasteiger partial charge on any atom is 0.165 e. The predicted octanol–water partition coefficient (Wildman–Crippen LogP) is 1.74. The molecule has 0 bridgehead atoms. The SMILES string of the molecule is COc1ccc(C(=O)CCN2CCOCC2)cc1F. The lowest BCUT2D eigenvalue weighted by Gasteiger charge is -2.26. The van der Waals surface area contributed by atoms with E-state index in [0.29, 0.717) is 31.7 Å². The van der Waals surface area contributed by atoms with Gasteiger partial charge < -0.3 is 9.47 Å². The number of ether oxygens (including phenoxy) is 2. The molecule has 19 heavy (non-hydrogen) atoms. The predicted molar refractivity (Wildman–Crippen MR) is 69.2 cm³/mol. The Hall–Kier alpha value is -1.46. The van der Waals surface area contributed by atoms with Gasteiger partial charge in [0.15, 0.2) is 17.3 Å². The Labute approximate surface area is 112 Å². The number of ketones is 1. The van der Waals surface area contributed by atoms with Gasteiger partial charge in [-0.1, -0.05) is 0 Å². The molecule has 1 heterocycles. The third-order valence-corrected chi connectivity index (χ3v) is 3.23. The monoisotopic (exact) mass is 267 g/mol. The third-order valence-electron chi connectivity index (χ3n) is 3.23. The van der Waals surface area contributed by atoms with Crippen molar-refractivity contribution in [2.45, 2.75) is 6.42 Å². The van der Waals surface area contributed by atoms with Crippen LogP contribution >= 0.6 is 0 Å². The minimum absolute atomic E-state index is 0.0481. The fourth-order valence-electron chi connectivity index (χ4n) is 2.07. The van der Waals surface area contributed by atoms with Gasteiger partial charge in [-0.2, -0.15) is 0 Å². The van der Waals surface area contributed by atoms with E-state index in [1.165, 1.54) is 19.2 Å². The quantitative estimate of drug-likeness (QED) is 0.762. The number of hydrogen-bond acceptors (Lipinski definition) is 4. The molecule has 1 saturated heterocycles. The van der Waals surface area contributed by atoms with E-state index in [4.69, 9.17) is 9.47 Å². The minimum atomic E-state index is -0.500. The van der Waals surface area contributed by atoms with Crippen molar-refractivity contribution in [2.24, 2.45) is 0 Å². The van der Waals surface area contributed by atoms with Gasteiger partial charge in [-0.3, -0.25) is 9.69 Å². The number of rotatable bonds is 5. The highest BCUT2D eigenvalue weighted by Gasteiger charge is 2.14. The highest BCUT2D eigenvalue weighted by molar-refractivity contribution is 5.96. The Bertz CT molecular complexity index is 444. The first-order valence-electron chi connectivity index (χ1n) is 6.37. The zero-order valence-electron chi connectivity index (χ0n) is 11.0. The molecule has 4 nitrogen and oxygen atoms in total. The molecule has 0 saturated carbocycles. The van der Waals surface area contributed by atoms with Gasteiger partial charge >= 0.3 is 0 Å². The summed E-state index contributed by atoms with van der Waals surface area (Å²) in [6.07, 6.45) is 0.395. The summed E-state index contributed by atoms with van der Waals surface area (Å²) in [7, 11) is 1.40. The maximum atomic E-state index is 13.5. The van der Waals surface area contributed by atoms with Gasteiger partial charge in [0.1, 0.15) is 0 Å². The number of benzene rings is 1. The van der Waals surface area contributed by atoms with Crippen LogP contribution in [0, 0.1) is 5.82 Å². The molecule has 104 valence electrons. The van der Waals surface area contributed by atoms with E-state index < -0.39 is 5.82 Å². The van der Waals surface area contributed by atoms with E-state index in [1.54, 1.807) is 6.07 Å². The van der Waals surface area contributed by atoms with Crippen molar-refractivity contribution in [3.63, 3.8) is 0 Å². The molecule has 0 aliphatic carbocycles. The summed E-state index contributed by atoms with van der Waals surface area (Å²) < 4.78 is 23.6. The Morgan fingerprint density at radius 1 is 1.42 bits per heavy atom. The molecule has 0 unspecified atom stereocenters. The third kappa shape index (κ3) is 3.75. The zero-order valence-corrected chi connectivity index (χ0v) is 11.0. The lowest BCUT2D eigenvalue weighted by atomic mass is 10.1. The van der Waals surface area contributed by atoms with Crippen molar-refractivity contribution < 1.29 is 18.7 Å². The molecule has 1 aromatic carbocycles. The first kappa shape index (κ1) is 14.0. The number of carbonyl (C=O) groups excluding carboxylic acids is 1. The second-order valence-corrected chi connectivity index (χ2v) is 4.48. The molecular weight excluding hydrogens is 249 g/mol. The number of carbonyl (C=O) groups is 1. The Kier molecular flexibility index (Phi) is 4.87. The average Bonchev–Trinajstić information content (AvgIpc) is 2.45. The number of Topliss-reactive ketones (excluding diaryl/α,β-unsaturated/α-hetero) is 1. The molecule has 0 spiro atoms. The van der Waals surface area contributed by atoms with Crippen LogP contribution in [0.1, 0.15) is 16.8 Å². The van der Waals surface area contributed by atoms with Gasteiger partial charge in [0, 0.05) is 31.6 Å². The molecule has 0 aromatic heterocycles. The molecule has 5 heteroatoms. The highest BCUT2D eigenvalue weighted by Crippen LogP contribution is 2.18. The van der Waals surface area contributed by atoms with Crippen molar-refractivity contribution in [3.05, 3.63) is 29.6 Å². The topological polar surface area (TPSA) is 38.8 Å². The standard InChI is InChI=1S/C14H18FNO3/c1-18-14-3-2-11(10-12(14)15)13(17)4-5-16-6-8-19-9-7-16/h2-3,10H,4-9H2,1H3. The summed E-state index contributed by atoms with van der Waals surface area (Å²) in [5, 5.41) is 0. The van der Waals surface area contributed by atoms with E-state index in [2.05, 4.69) is 4.90 Å². The minimum Gasteiger partial charge on any atom is -0.494 e. The second kappa shape index (κ2) is 6.63. The molecule has 0 radical (unpaired) electrons. The van der Waals surface area contributed by atoms with Gasteiger partial charge in [0.05, 0.1) is 20.3 Å². The van der Waals surface area contributed by atoms with Crippen LogP contribution in [0.4, 0.5) is 4.39 Å². The number of morpholine rings is 1. The maximum absolute atomic E-state index is 13.5. The van der Waals surface area contributed by atoms with E-state index in [9.17, 15) is 9.18 Å². The van der Waals surface area contributed by atoms with Crippen molar-refractivity contribution in [2.75, 3.05) is 40.0 Å². The first-order chi connectivity index (χ1) is 9.20. The van der Waals surface area contributed by atoms with E-state index in [1.807, 2.05) is 0 Å². The largest absolute Gasteiger partial charge is 0.494 e. The molecule has 0 atom stereocenters. The van der Waals surface area contributed by atoms with Gasteiger partial charge in [0.25, 0.3) is 0 Å². The number of nitrogens with zero attached hydrogens (tertiary/aromatic N) is 1. The molecule has 1 aromatic rings. The Morgan fingerprint density at radius 2 is 2.16 bits per heavy atom. The van der Waals surface area contributed by atoms with Crippen LogP contribution in [0.3, 0.4) is 0 Å². The number of methoxy groups -OCH3 is 1. The molecule has 1 fully saturated rings. The summed E-state index contributed by atoms with van der Waals surface area (Å²) >= 11 is 0. The number of halogens is 1. The van der Waals surface area contributed by atoms with Crippen LogP contribution in [0.5, 0.6) is 5.75 Å². The number of hydrogen-bond donors (Lipinski definition) is 0. The average molecular weight is 267 g/mol. The summed E-state index contributed by atoms with van der Waals surface area (Å²) in [6, 6.07) is 4.32. The van der Waals surface area contributed by atoms with E-state index in [0.717, 1.165) is 13.1 Å². The van der Waals surface area contributed by atoms with Crippen LogP contribution in [-0.2, 0) is 4.74 Å². The molecule has 0 amide bonds. The molecule has 1 aliphatic heterocycles. The van der Waals surface area contributed by atoms with Gasteiger partial charge in [-0.15, -0.1) is 0 Å². The second-order valence-electron chi connectivity index (χ2n) is 4.48. The van der Waals surface area contributed by atoms with E-state index in [-0.39, 0.29) is 11.5 Å². The van der Waals surface area contributed by atoms with Crippen molar-refractivity contribution in [1.82, 2.24) is 4.90 Å². The molecule has 2 rings (SSSR count). The fourth-order valence-corrected chi connectivity index (χ4v) is 2.07.